The minimum absolute atomic E-state index is 0.00653. The highest BCUT2D eigenvalue weighted by atomic mass is 32.1. The SMILES string of the molecule is CC(C)COc1ccc(C(=O)NNC(=S)NC(=O)/C=C/c2ccccc2)cc1. The van der Waals surface area contributed by atoms with E-state index in [1.165, 1.54) is 6.08 Å². The Hall–Kier alpha value is -3.19. The minimum atomic E-state index is -0.401. The standard InChI is InChI=1S/C21H23N3O3S/c1-15(2)14-27-18-11-9-17(10-12-18)20(26)23-24-21(28)22-19(25)13-8-16-6-4-3-5-7-16/h3-13,15H,14H2,1-2H3,(H,23,26)(H2,22,24,25,28)/b13-8+. The van der Waals surface area contributed by atoms with E-state index in [0.29, 0.717) is 23.8 Å². The average Bonchev–Trinajstić information content (AvgIpc) is 2.70. The van der Waals surface area contributed by atoms with Gasteiger partial charge in [0.25, 0.3) is 5.91 Å². The Morgan fingerprint density at radius 3 is 2.36 bits per heavy atom. The molecule has 3 N–H and O–H groups in total. The summed E-state index contributed by atoms with van der Waals surface area (Å²) in [7, 11) is 0. The zero-order chi connectivity index (χ0) is 20.4. The van der Waals surface area contributed by atoms with E-state index in [9.17, 15) is 9.59 Å². The van der Waals surface area contributed by atoms with Crippen LogP contribution in [-0.4, -0.2) is 23.5 Å². The van der Waals surface area contributed by atoms with Crippen LogP contribution in [0, 0.1) is 5.92 Å². The Balaban J connectivity index is 1.76. The van der Waals surface area contributed by atoms with Crippen LogP contribution in [0.3, 0.4) is 0 Å². The molecule has 0 aliphatic heterocycles. The van der Waals surface area contributed by atoms with Crippen LogP contribution in [-0.2, 0) is 4.79 Å². The maximum Gasteiger partial charge on any atom is 0.269 e. The summed E-state index contributed by atoms with van der Waals surface area (Å²) in [6.45, 7) is 4.74. The molecule has 6 nitrogen and oxygen atoms in total. The van der Waals surface area contributed by atoms with Gasteiger partial charge in [-0.15, -0.1) is 0 Å². The largest absolute Gasteiger partial charge is 0.493 e. The van der Waals surface area contributed by atoms with Gasteiger partial charge in [-0.3, -0.25) is 25.8 Å². The molecule has 2 aromatic carbocycles. The fourth-order valence-corrected chi connectivity index (χ4v) is 2.22. The highest BCUT2D eigenvalue weighted by Crippen LogP contribution is 2.13. The zero-order valence-corrected chi connectivity index (χ0v) is 16.6. The maximum absolute atomic E-state index is 12.1. The summed E-state index contributed by atoms with van der Waals surface area (Å²) >= 11 is 5.00. The van der Waals surface area contributed by atoms with Gasteiger partial charge in [-0.25, -0.2) is 0 Å². The van der Waals surface area contributed by atoms with Crippen LogP contribution in [0.2, 0.25) is 0 Å². The Morgan fingerprint density at radius 1 is 1.04 bits per heavy atom. The Bertz CT molecular complexity index is 834. The van der Waals surface area contributed by atoms with Gasteiger partial charge in [0.2, 0.25) is 5.91 Å². The first kappa shape index (κ1) is 21.1. The monoisotopic (exact) mass is 397 g/mol. The quantitative estimate of drug-likeness (QED) is 0.397. The summed E-state index contributed by atoms with van der Waals surface area (Å²) in [4.78, 5) is 24.0. The number of hydrogen-bond donors (Lipinski definition) is 3. The molecule has 2 rings (SSSR count). The van der Waals surface area contributed by atoms with Crippen LogP contribution in [0.1, 0.15) is 29.8 Å². The van der Waals surface area contributed by atoms with Crippen molar-refractivity contribution in [1.82, 2.24) is 16.2 Å². The molecular weight excluding hydrogens is 374 g/mol. The summed E-state index contributed by atoms with van der Waals surface area (Å²) in [6.07, 6.45) is 3.03. The highest BCUT2D eigenvalue weighted by molar-refractivity contribution is 7.80. The predicted molar refractivity (Wildman–Crippen MR) is 114 cm³/mol. The van der Waals surface area contributed by atoms with Crippen molar-refractivity contribution in [1.29, 1.82) is 0 Å². The Kier molecular flexibility index (Phi) is 8.17. The number of hydrogen-bond acceptors (Lipinski definition) is 4. The van der Waals surface area contributed by atoms with Crippen LogP contribution < -0.4 is 20.9 Å². The molecule has 0 aromatic heterocycles. The van der Waals surface area contributed by atoms with Crippen LogP contribution in [0.5, 0.6) is 5.75 Å². The van der Waals surface area contributed by atoms with Crippen molar-refractivity contribution in [3.05, 3.63) is 71.8 Å². The fraction of sp³-hybridized carbons (Fsp3) is 0.190. The van der Waals surface area contributed by atoms with Gasteiger partial charge in [0, 0.05) is 11.6 Å². The van der Waals surface area contributed by atoms with Crippen molar-refractivity contribution < 1.29 is 14.3 Å². The van der Waals surface area contributed by atoms with Crippen molar-refractivity contribution in [2.45, 2.75) is 13.8 Å². The normalized spacial score (nSPS) is 10.5. The van der Waals surface area contributed by atoms with Gasteiger partial charge < -0.3 is 4.74 Å². The van der Waals surface area contributed by atoms with E-state index in [2.05, 4.69) is 30.0 Å². The number of rotatable bonds is 6. The Labute approximate surface area is 169 Å². The second-order valence-corrected chi connectivity index (χ2v) is 6.78. The number of hydrazine groups is 1. The molecular formula is C21H23N3O3S. The van der Waals surface area contributed by atoms with Gasteiger partial charge in [-0.2, -0.15) is 0 Å². The van der Waals surface area contributed by atoms with Crippen LogP contribution in [0.4, 0.5) is 0 Å². The molecule has 0 aliphatic carbocycles. The molecule has 0 spiro atoms. The smallest absolute Gasteiger partial charge is 0.269 e. The van der Waals surface area contributed by atoms with Crippen molar-refractivity contribution >= 4 is 35.2 Å². The molecule has 0 heterocycles. The van der Waals surface area contributed by atoms with Crippen LogP contribution in [0.15, 0.2) is 60.7 Å². The molecule has 2 aromatic rings. The first-order valence-corrected chi connectivity index (χ1v) is 9.22. The van der Waals surface area contributed by atoms with Crippen molar-refractivity contribution in [3.63, 3.8) is 0 Å². The number of benzene rings is 2. The lowest BCUT2D eigenvalue weighted by Crippen LogP contribution is -2.48. The zero-order valence-electron chi connectivity index (χ0n) is 15.8. The number of ether oxygens (including phenoxy) is 1. The van der Waals surface area contributed by atoms with E-state index in [-0.39, 0.29) is 11.0 Å². The topological polar surface area (TPSA) is 79.5 Å². The molecule has 0 saturated carbocycles. The second kappa shape index (κ2) is 10.8. The molecule has 2 amide bonds. The van der Waals surface area contributed by atoms with E-state index in [4.69, 9.17) is 17.0 Å². The Morgan fingerprint density at radius 2 is 1.71 bits per heavy atom. The lowest BCUT2D eigenvalue weighted by molar-refractivity contribution is -0.115. The highest BCUT2D eigenvalue weighted by Gasteiger charge is 2.07. The summed E-state index contributed by atoms with van der Waals surface area (Å²) < 4.78 is 5.58. The molecule has 146 valence electrons. The first-order valence-electron chi connectivity index (χ1n) is 8.81. The molecule has 0 atom stereocenters. The number of nitrogens with one attached hydrogen (secondary N) is 3. The van der Waals surface area contributed by atoms with E-state index in [0.717, 1.165) is 5.56 Å². The second-order valence-electron chi connectivity index (χ2n) is 6.37. The lowest BCUT2D eigenvalue weighted by atomic mass is 10.2. The summed E-state index contributed by atoms with van der Waals surface area (Å²) in [6, 6.07) is 16.2. The number of thiocarbonyl (C=S) groups is 1. The van der Waals surface area contributed by atoms with E-state index in [1.54, 1.807) is 30.3 Å². The number of carbonyl (C=O) groups is 2. The number of carbonyl (C=O) groups excluding carboxylic acids is 2. The number of amides is 2. The van der Waals surface area contributed by atoms with Crippen LogP contribution in [0.25, 0.3) is 6.08 Å². The molecule has 0 unspecified atom stereocenters. The summed E-state index contributed by atoms with van der Waals surface area (Å²) in [5.41, 5.74) is 6.26. The van der Waals surface area contributed by atoms with Gasteiger partial charge in [-0.1, -0.05) is 44.2 Å². The van der Waals surface area contributed by atoms with Crippen molar-refractivity contribution in [2.24, 2.45) is 5.92 Å². The summed E-state index contributed by atoms with van der Waals surface area (Å²) in [5.74, 6) is 0.339. The molecule has 0 fully saturated rings. The van der Waals surface area contributed by atoms with Gasteiger partial charge in [0.1, 0.15) is 5.75 Å². The summed E-state index contributed by atoms with van der Waals surface area (Å²) in [5, 5.41) is 2.45. The van der Waals surface area contributed by atoms with E-state index >= 15 is 0 Å². The molecule has 7 heteroatoms. The van der Waals surface area contributed by atoms with Gasteiger partial charge >= 0.3 is 0 Å². The van der Waals surface area contributed by atoms with Crippen LogP contribution >= 0.6 is 12.2 Å². The van der Waals surface area contributed by atoms with Gasteiger partial charge in [-0.05, 0) is 54.0 Å². The molecule has 0 aliphatic rings. The van der Waals surface area contributed by atoms with Crippen molar-refractivity contribution in [2.75, 3.05) is 6.61 Å². The van der Waals surface area contributed by atoms with E-state index in [1.807, 2.05) is 30.3 Å². The lowest BCUT2D eigenvalue weighted by Gasteiger charge is -2.11. The molecule has 0 saturated heterocycles. The third-order valence-corrected chi connectivity index (χ3v) is 3.66. The predicted octanol–water partition coefficient (Wildman–Crippen LogP) is 3.07. The minimum Gasteiger partial charge on any atom is -0.493 e. The molecule has 0 bridgehead atoms. The van der Waals surface area contributed by atoms with E-state index < -0.39 is 5.91 Å². The maximum atomic E-state index is 12.1. The van der Waals surface area contributed by atoms with Gasteiger partial charge in [0.05, 0.1) is 6.61 Å². The fourth-order valence-electron chi connectivity index (χ4n) is 2.07. The third-order valence-electron chi connectivity index (χ3n) is 3.45. The van der Waals surface area contributed by atoms with Crippen molar-refractivity contribution in [3.8, 4) is 5.75 Å². The molecule has 28 heavy (non-hydrogen) atoms. The first-order chi connectivity index (χ1) is 13.4. The average molecular weight is 398 g/mol. The van der Waals surface area contributed by atoms with Gasteiger partial charge in [0.15, 0.2) is 5.11 Å². The molecule has 0 radical (unpaired) electrons. The third kappa shape index (κ3) is 7.59.